The molecule has 1 fully saturated rings. The summed E-state index contributed by atoms with van der Waals surface area (Å²) in [7, 11) is -3.48. The molecule has 1 heterocycles. The number of benzene rings is 3. The van der Waals surface area contributed by atoms with E-state index in [0.717, 1.165) is 11.8 Å². The van der Waals surface area contributed by atoms with Crippen molar-refractivity contribution in [3.05, 3.63) is 99.8 Å². The number of rotatable bonds is 14. The van der Waals surface area contributed by atoms with E-state index in [1.807, 2.05) is 0 Å². The van der Waals surface area contributed by atoms with Gasteiger partial charge in [0.1, 0.15) is 18.2 Å². The molecule has 1 N–H and O–H groups in total. The monoisotopic (exact) mass is 697 g/mol. The molecule has 1 aliphatic heterocycles. The third-order valence-electron chi connectivity index (χ3n) is 7.94. The lowest BCUT2D eigenvalue weighted by atomic mass is 9.85. The fourth-order valence-electron chi connectivity index (χ4n) is 5.42. The number of nitrogens with one attached hydrogen (secondary N) is 1. The minimum Gasteiger partial charge on any atom is -0.464 e. The predicted octanol–water partition coefficient (Wildman–Crippen LogP) is 6.39. The molecule has 0 saturated carbocycles. The van der Waals surface area contributed by atoms with Gasteiger partial charge < -0.3 is 14.8 Å². The van der Waals surface area contributed by atoms with E-state index in [0.29, 0.717) is 34.7 Å². The molecule has 3 aromatic carbocycles. The SMILES string of the molecule is CS(=O)(=O)c1cccc([C@@H](CC(=O)Cc2cccc(F)c2CC[C@@H]2CN[C@H](COC(=O)CCC(F)(F)F)CO2)c2ccc(Cl)cc2)c1. The quantitative estimate of drug-likeness (QED) is 0.154. The van der Waals surface area contributed by atoms with Crippen molar-refractivity contribution in [3.8, 4) is 0 Å². The van der Waals surface area contributed by atoms with Crippen LogP contribution in [0.5, 0.6) is 0 Å². The predicted molar refractivity (Wildman–Crippen MR) is 169 cm³/mol. The molecule has 3 aromatic rings. The second-order valence-electron chi connectivity index (χ2n) is 11.6. The second kappa shape index (κ2) is 16.2. The first-order chi connectivity index (χ1) is 22.2. The van der Waals surface area contributed by atoms with Gasteiger partial charge in [0.2, 0.25) is 0 Å². The van der Waals surface area contributed by atoms with Crippen LogP contribution in [0.2, 0.25) is 5.02 Å². The van der Waals surface area contributed by atoms with E-state index in [1.54, 1.807) is 54.6 Å². The molecule has 4 rings (SSSR count). The lowest BCUT2D eigenvalue weighted by Gasteiger charge is -2.30. The smallest absolute Gasteiger partial charge is 0.389 e. The minimum atomic E-state index is -4.43. The van der Waals surface area contributed by atoms with E-state index in [-0.39, 0.29) is 55.3 Å². The number of ether oxygens (including phenoxy) is 2. The number of carbonyl (C=O) groups is 2. The van der Waals surface area contributed by atoms with Gasteiger partial charge in [-0.1, -0.05) is 48.0 Å². The van der Waals surface area contributed by atoms with Crippen LogP contribution in [0.25, 0.3) is 0 Å². The largest absolute Gasteiger partial charge is 0.464 e. The van der Waals surface area contributed by atoms with Crippen molar-refractivity contribution in [2.24, 2.45) is 0 Å². The van der Waals surface area contributed by atoms with E-state index < -0.39 is 46.6 Å². The molecule has 1 aliphatic rings. The van der Waals surface area contributed by atoms with Gasteiger partial charge >= 0.3 is 12.1 Å². The van der Waals surface area contributed by atoms with Gasteiger partial charge in [0.05, 0.1) is 36.5 Å². The first-order valence-electron chi connectivity index (χ1n) is 15.1. The van der Waals surface area contributed by atoms with Crippen LogP contribution < -0.4 is 5.32 Å². The first kappa shape index (κ1) is 36.5. The van der Waals surface area contributed by atoms with Gasteiger partial charge in [0.15, 0.2) is 9.84 Å². The van der Waals surface area contributed by atoms with Crippen LogP contribution in [0.15, 0.2) is 71.6 Å². The highest BCUT2D eigenvalue weighted by Gasteiger charge is 2.29. The molecule has 1 saturated heterocycles. The molecule has 0 radical (unpaired) electrons. The molecule has 254 valence electrons. The third-order valence-corrected chi connectivity index (χ3v) is 9.30. The summed E-state index contributed by atoms with van der Waals surface area (Å²) in [5, 5.41) is 3.66. The zero-order chi connectivity index (χ0) is 34.2. The number of esters is 1. The summed E-state index contributed by atoms with van der Waals surface area (Å²) in [6.45, 7) is 0.397. The summed E-state index contributed by atoms with van der Waals surface area (Å²) in [4.78, 5) is 25.3. The van der Waals surface area contributed by atoms with Gasteiger partial charge in [0.25, 0.3) is 0 Å². The number of ketones is 1. The van der Waals surface area contributed by atoms with Crippen molar-refractivity contribution in [2.75, 3.05) is 26.0 Å². The topological polar surface area (TPSA) is 98.8 Å². The molecule has 13 heteroatoms. The molecule has 3 atom stereocenters. The second-order valence-corrected chi connectivity index (χ2v) is 14.1. The number of carbonyl (C=O) groups excluding carboxylic acids is 2. The van der Waals surface area contributed by atoms with Crippen molar-refractivity contribution in [3.63, 3.8) is 0 Å². The molecule has 0 bridgehead atoms. The molecule has 0 aromatic heterocycles. The van der Waals surface area contributed by atoms with Crippen LogP contribution in [0.4, 0.5) is 17.6 Å². The first-order valence-corrected chi connectivity index (χ1v) is 17.4. The van der Waals surface area contributed by atoms with Crippen LogP contribution in [-0.2, 0) is 41.7 Å². The van der Waals surface area contributed by atoms with E-state index >= 15 is 4.39 Å². The fourth-order valence-corrected chi connectivity index (χ4v) is 6.22. The summed E-state index contributed by atoms with van der Waals surface area (Å²) < 4.78 is 87.2. The Bertz CT molecular complexity index is 1640. The van der Waals surface area contributed by atoms with Crippen molar-refractivity contribution < 1.29 is 45.0 Å². The van der Waals surface area contributed by atoms with E-state index in [4.69, 9.17) is 21.1 Å². The molecule has 0 amide bonds. The minimum absolute atomic E-state index is 0.0332. The molecular weight excluding hydrogens is 662 g/mol. The number of alkyl halides is 3. The number of sulfone groups is 1. The van der Waals surface area contributed by atoms with Gasteiger partial charge in [-0.3, -0.25) is 9.59 Å². The zero-order valence-electron chi connectivity index (χ0n) is 25.7. The molecule has 0 aliphatic carbocycles. The van der Waals surface area contributed by atoms with Gasteiger partial charge in [-0.25, -0.2) is 12.8 Å². The van der Waals surface area contributed by atoms with Gasteiger partial charge in [-0.05, 0) is 65.4 Å². The standard InChI is InChI=1S/C34H36ClF4NO6S/c1-47(43,44)29-6-2-4-24(17-29)31(22-8-10-25(35)11-9-22)18-27(41)16-23-5-3-7-32(36)30(23)13-12-28-19-40-26(20-45-28)21-46-33(42)14-15-34(37,38)39/h2-11,17,26,28,31,40H,12-16,18-21H2,1H3/t26-,28+,31-/m0/s1. The summed E-state index contributed by atoms with van der Waals surface area (Å²) >= 11 is 6.09. The van der Waals surface area contributed by atoms with Gasteiger partial charge in [0, 0.05) is 36.6 Å². The Balaban J connectivity index is 1.37. The molecule has 0 unspecified atom stereocenters. The highest BCUT2D eigenvalue weighted by molar-refractivity contribution is 7.90. The van der Waals surface area contributed by atoms with Crippen molar-refractivity contribution in [2.45, 2.75) is 67.7 Å². The van der Waals surface area contributed by atoms with Crippen LogP contribution in [0.3, 0.4) is 0 Å². The summed E-state index contributed by atoms with van der Waals surface area (Å²) in [6.07, 6.45) is -4.87. The maximum Gasteiger partial charge on any atom is 0.389 e. The Morgan fingerprint density at radius 1 is 1.06 bits per heavy atom. The Hall–Kier alpha value is -3.32. The summed E-state index contributed by atoms with van der Waals surface area (Å²) in [5.74, 6) is -2.01. The van der Waals surface area contributed by atoms with Crippen LogP contribution in [0.1, 0.15) is 53.9 Å². The number of halogens is 5. The average Bonchev–Trinajstić information content (AvgIpc) is 3.02. The van der Waals surface area contributed by atoms with Crippen molar-refractivity contribution in [1.82, 2.24) is 5.32 Å². The molecular formula is C34H36ClF4NO6S. The molecule has 7 nitrogen and oxygen atoms in total. The summed E-state index contributed by atoms with van der Waals surface area (Å²) in [6, 6.07) is 17.7. The Morgan fingerprint density at radius 2 is 1.79 bits per heavy atom. The normalized spacial score (nSPS) is 17.7. The highest BCUT2D eigenvalue weighted by atomic mass is 35.5. The van der Waals surface area contributed by atoms with Gasteiger partial charge in [-0.2, -0.15) is 13.2 Å². The molecule has 47 heavy (non-hydrogen) atoms. The Kier molecular flexibility index (Phi) is 12.6. The van der Waals surface area contributed by atoms with Crippen LogP contribution in [0, 0.1) is 5.82 Å². The zero-order valence-corrected chi connectivity index (χ0v) is 27.3. The van der Waals surface area contributed by atoms with Crippen molar-refractivity contribution in [1.29, 1.82) is 0 Å². The highest BCUT2D eigenvalue weighted by Crippen LogP contribution is 2.32. The fraction of sp³-hybridized carbons (Fsp3) is 0.412. The third kappa shape index (κ3) is 11.4. The van der Waals surface area contributed by atoms with Crippen molar-refractivity contribution >= 4 is 33.2 Å². The lowest BCUT2D eigenvalue weighted by molar-refractivity contribution is -0.158. The van der Waals surface area contributed by atoms with Crippen LogP contribution >= 0.6 is 11.6 Å². The Labute approximate surface area is 276 Å². The number of Topliss-reactive ketones (excluding diaryl/α,β-unsaturated/α-hetero) is 1. The molecule has 0 spiro atoms. The Morgan fingerprint density at radius 3 is 2.45 bits per heavy atom. The average molecular weight is 698 g/mol. The van der Waals surface area contributed by atoms with E-state index in [1.165, 1.54) is 12.1 Å². The van der Waals surface area contributed by atoms with E-state index in [9.17, 15) is 31.2 Å². The van der Waals surface area contributed by atoms with Crippen LogP contribution in [-0.4, -0.2) is 64.5 Å². The van der Waals surface area contributed by atoms with Gasteiger partial charge in [-0.15, -0.1) is 0 Å². The number of morpholine rings is 1. The lowest BCUT2D eigenvalue weighted by Crippen LogP contribution is -2.49. The number of hydrogen-bond acceptors (Lipinski definition) is 7. The number of hydrogen-bond donors (Lipinski definition) is 1. The maximum absolute atomic E-state index is 15.1. The van der Waals surface area contributed by atoms with E-state index in [2.05, 4.69) is 5.32 Å². The summed E-state index contributed by atoms with van der Waals surface area (Å²) in [5.41, 5.74) is 2.37. The maximum atomic E-state index is 15.1.